The Morgan fingerprint density at radius 2 is 1.90 bits per heavy atom. The third-order valence-electron chi connectivity index (χ3n) is 5.96. The van der Waals surface area contributed by atoms with Crippen LogP contribution in [0.25, 0.3) is 0 Å². The van der Waals surface area contributed by atoms with E-state index in [1.165, 1.54) is 30.9 Å². The zero-order chi connectivity index (χ0) is 21.5. The molecular weight excluding hydrogens is 378 g/mol. The fraction of sp³-hybridized carbons (Fsp3) is 0.667. The second-order valence-electron chi connectivity index (χ2n) is 9.28. The van der Waals surface area contributed by atoms with Crippen LogP contribution < -0.4 is 15.4 Å². The molecule has 1 saturated heterocycles. The second-order valence-corrected chi connectivity index (χ2v) is 9.28. The fourth-order valence-electron chi connectivity index (χ4n) is 4.70. The molecule has 6 nitrogen and oxygen atoms in total. The number of ether oxygens (including phenoxy) is 1. The molecule has 1 aliphatic heterocycles. The summed E-state index contributed by atoms with van der Waals surface area (Å²) in [5, 5.41) is 5.70. The predicted molar refractivity (Wildman–Crippen MR) is 119 cm³/mol. The van der Waals surface area contributed by atoms with Gasteiger partial charge in [0, 0.05) is 45.6 Å². The Hall–Kier alpha value is -2.08. The summed E-state index contributed by atoms with van der Waals surface area (Å²) in [5.74, 6) is 1.81. The zero-order valence-electron chi connectivity index (χ0n) is 18.7. The van der Waals surface area contributed by atoms with Gasteiger partial charge in [0.25, 0.3) is 0 Å². The number of fused-ring (bicyclic) bond motifs is 1. The second kappa shape index (κ2) is 10.8. The highest BCUT2D eigenvalue weighted by molar-refractivity contribution is 5.79. The highest BCUT2D eigenvalue weighted by atomic mass is 16.5. The molecular formula is C24H37N3O3. The summed E-state index contributed by atoms with van der Waals surface area (Å²) >= 11 is 0. The van der Waals surface area contributed by atoms with Gasteiger partial charge in [-0.2, -0.15) is 0 Å². The van der Waals surface area contributed by atoms with E-state index in [2.05, 4.69) is 47.6 Å². The molecule has 0 unspecified atom stereocenters. The number of rotatable bonds is 9. The summed E-state index contributed by atoms with van der Waals surface area (Å²) in [7, 11) is 0. The van der Waals surface area contributed by atoms with Gasteiger partial charge in [0.1, 0.15) is 5.75 Å². The molecule has 6 heteroatoms. The van der Waals surface area contributed by atoms with Crippen LogP contribution in [0, 0.1) is 17.8 Å². The van der Waals surface area contributed by atoms with Crippen molar-refractivity contribution in [1.29, 1.82) is 0 Å². The van der Waals surface area contributed by atoms with Gasteiger partial charge in [0.15, 0.2) is 0 Å². The zero-order valence-corrected chi connectivity index (χ0v) is 18.7. The number of carbonyl (C=O) groups excluding carboxylic acids is 2. The Labute approximate surface area is 180 Å². The van der Waals surface area contributed by atoms with Gasteiger partial charge < -0.3 is 20.3 Å². The normalized spacial score (nSPS) is 21.3. The molecule has 0 spiro atoms. The topological polar surface area (TPSA) is 70.7 Å². The smallest absolute Gasteiger partial charge is 0.224 e. The van der Waals surface area contributed by atoms with E-state index < -0.39 is 0 Å². The molecule has 1 heterocycles. The molecule has 2 amide bonds. The Morgan fingerprint density at radius 1 is 1.13 bits per heavy atom. The number of hydrogen-bond acceptors (Lipinski definition) is 4. The largest absolute Gasteiger partial charge is 0.493 e. The molecule has 3 rings (SSSR count). The lowest BCUT2D eigenvalue weighted by molar-refractivity contribution is -0.128. The van der Waals surface area contributed by atoms with Gasteiger partial charge in [0.2, 0.25) is 11.8 Å². The van der Waals surface area contributed by atoms with Crippen LogP contribution in [0.4, 0.5) is 0 Å². The first-order chi connectivity index (χ1) is 14.4. The number of likely N-dealkylation sites (tertiary alicyclic amines) is 1. The van der Waals surface area contributed by atoms with Crippen LogP contribution in [0.1, 0.15) is 44.7 Å². The van der Waals surface area contributed by atoms with Crippen LogP contribution >= 0.6 is 0 Å². The van der Waals surface area contributed by atoms with Crippen LogP contribution in [0.3, 0.4) is 0 Å². The summed E-state index contributed by atoms with van der Waals surface area (Å²) < 4.78 is 6.17. The van der Waals surface area contributed by atoms with Gasteiger partial charge in [0.05, 0.1) is 12.5 Å². The third-order valence-corrected chi connectivity index (χ3v) is 5.96. The van der Waals surface area contributed by atoms with Gasteiger partial charge in [-0.25, -0.2) is 0 Å². The monoisotopic (exact) mass is 415 g/mol. The lowest BCUT2D eigenvalue weighted by atomic mass is 9.88. The minimum atomic E-state index is -0.0752. The lowest BCUT2D eigenvalue weighted by Crippen LogP contribution is -2.49. The van der Waals surface area contributed by atoms with Crippen molar-refractivity contribution < 1.29 is 14.3 Å². The highest BCUT2D eigenvalue weighted by Gasteiger charge is 2.32. The minimum absolute atomic E-state index is 0.0385. The van der Waals surface area contributed by atoms with Gasteiger partial charge >= 0.3 is 0 Å². The van der Waals surface area contributed by atoms with Crippen molar-refractivity contribution in [3.8, 4) is 5.75 Å². The number of hydrogen-bond donors (Lipinski definition) is 2. The summed E-state index contributed by atoms with van der Waals surface area (Å²) in [6.45, 7) is 10.2. The first-order valence-corrected chi connectivity index (χ1v) is 11.4. The maximum Gasteiger partial charge on any atom is 0.224 e. The summed E-state index contributed by atoms with van der Waals surface area (Å²) in [5.41, 5.74) is 2.88. The molecule has 1 aliphatic carbocycles. The minimum Gasteiger partial charge on any atom is -0.493 e. The SMILES string of the molecule is CC(=O)NCCNC(=O)[C@@H]1C[C@H](COc2ccc3c(c2)CCC3)CN(CC(C)C)C1. The number of nitrogens with one attached hydrogen (secondary N) is 2. The quantitative estimate of drug-likeness (QED) is 0.608. The van der Waals surface area contributed by atoms with E-state index in [1.807, 2.05) is 0 Å². The van der Waals surface area contributed by atoms with Gasteiger partial charge in [-0.3, -0.25) is 9.59 Å². The van der Waals surface area contributed by atoms with Crippen LogP contribution in [-0.2, 0) is 22.4 Å². The van der Waals surface area contributed by atoms with Crippen molar-refractivity contribution >= 4 is 11.8 Å². The average molecular weight is 416 g/mol. The molecule has 0 radical (unpaired) electrons. The van der Waals surface area contributed by atoms with Crippen molar-refractivity contribution in [3.05, 3.63) is 29.3 Å². The van der Waals surface area contributed by atoms with Crippen molar-refractivity contribution in [2.75, 3.05) is 39.3 Å². The fourth-order valence-corrected chi connectivity index (χ4v) is 4.70. The molecule has 0 aromatic heterocycles. The highest BCUT2D eigenvalue weighted by Crippen LogP contribution is 2.28. The number of piperidine rings is 1. The van der Waals surface area contributed by atoms with E-state index in [0.29, 0.717) is 31.5 Å². The average Bonchev–Trinajstić information content (AvgIpc) is 3.16. The molecule has 0 bridgehead atoms. The van der Waals surface area contributed by atoms with Gasteiger partial charge in [-0.05, 0) is 54.9 Å². The molecule has 166 valence electrons. The third kappa shape index (κ3) is 6.73. The lowest BCUT2D eigenvalue weighted by Gasteiger charge is -2.38. The van der Waals surface area contributed by atoms with Crippen LogP contribution in [0.5, 0.6) is 5.75 Å². The number of amides is 2. The Bertz CT molecular complexity index is 734. The van der Waals surface area contributed by atoms with Crippen molar-refractivity contribution in [3.63, 3.8) is 0 Å². The number of carbonyl (C=O) groups is 2. The molecule has 1 aromatic carbocycles. The standard InChI is InChI=1S/C24H37N3O3/c1-17(2)13-27-14-19(11-22(15-27)24(29)26-10-9-25-18(3)28)16-30-23-8-7-20-5-4-6-21(20)12-23/h7-8,12,17,19,22H,4-6,9-11,13-16H2,1-3H3,(H,25,28)(H,26,29)/t19-,22+/m0/s1. The van der Waals surface area contributed by atoms with E-state index >= 15 is 0 Å². The summed E-state index contributed by atoms with van der Waals surface area (Å²) in [4.78, 5) is 26.1. The molecule has 2 atom stereocenters. The van der Waals surface area contributed by atoms with Crippen molar-refractivity contribution in [1.82, 2.24) is 15.5 Å². The van der Waals surface area contributed by atoms with E-state index in [-0.39, 0.29) is 17.7 Å². The molecule has 30 heavy (non-hydrogen) atoms. The van der Waals surface area contributed by atoms with Gasteiger partial charge in [-0.1, -0.05) is 19.9 Å². The summed E-state index contributed by atoms with van der Waals surface area (Å²) in [6.07, 6.45) is 4.41. The van der Waals surface area contributed by atoms with Crippen LogP contribution in [0.15, 0.2) is 18.2 Å². The molecule has 0 saturated carbocycles. The maximum atomic E-state index is 12.7. The molecule has 2 aliphatic rings. The van der Waals surface area contributed by atoms with E-state index in [1.54, 1.807) is 0 Å². The number of benzene rings is 1. The van der Waals surface area contributed by atoms with Crippen molar-refractivity contribution in [2.24, 2.45) is 17.8 Å². The Morgan fingerprint density at radius 3 is 2.67 bits per heavy atom. The van der Waals surface area contributed by atoms with E-state index in [9.17, 15) is 9.59 Å². The Balaban J connectivity index is 1.54. The maximum absolute atomic E-state index is 12.7. The number of nitrogens with zero attached hydrogens (tertiary/aromatic N) is 1. The van der Waals surface area contributed by atoms with Crippen molar-refractivity contribution in [2.45, 2.75) is 46.5 Å². The van der Waals surface area contributed by atoms with E-state index in [4.69, 9.17) is 4.74 Å². The molecule has 1 fully saturated rings. The Kier molecular flexibility index (Phi) is 8.14. The first-order valence-electron chi connectivity index (χ1n) is 11.4. The van der Waals surface area contributed by atoms with Crippen LogP contribution in [0.2, 0.25) is 0 Å². The number of aryl methyl sites for hydroxylation is 2. The summed E-state index contributed by atoms with van der Waals surface area (Å²) in [6, 6.07) is 6.49. The predicted octanol–water partition coefficient (Wildman–Crippen LogP) is 2.40. The van der Waals surface area contributed by atoms with E-state index in [0.717, 1.165) is 38.2 Å². The first kappa shape index (κ1) is 22.6. The molecule has 2 N–H and O–H groups in total. The van der Waals surface area contributed by atoms with Crippen LogP contribution in [-0.4, -0.2) is 56.0 Å². The van der Waals surface area contributed by atoms with Gasteiger partial charge in [-0.15, -0.1) is 0 Å². The molecule has 1 aromatic rings.